The van der Waals surface area contributed by atoms with E-state index in [0.29, 0.717) is 11.4 Å². The van der Waals surface area contributed by atoms with E-state index in [0.717, 1.165) is 11.1 Å². The maximum absolute atomic E-state index is 13.0. The number of aromatic nitrogens is 1. The molecule has 0 saturated carbocycles. The van der Waals surface area contributed by atoms with Crippen LogP contribution in [0.2, 0.25) is 0 Å². The molecule has 0 fully saturated rings. The van der Waals surface area contributed by atoms with Gasteiger partial charge >= 0.3 is 0 Å². The first-order valence-electron chi connectivity index (χ1n) is 4.99. The summed E-state index contributed by atoms with van der Waals surface area (Å²) in [5.74, 6) is -0.271. The van der Waals surface area contributed by atoms with Crippen LogP contribution >= 0.6 is 11.3 Å². The van der Waals surface area contributed by atoms with Crippen molar-refractivity contribution in [2.45, 2.75) is 19.4 Å². The van der Waals surface area contributed by atoms with Gasteiger partial charge in [0, 0.05) is 18.0 Å². The Labute approximate surface area is 97.4 Å². The summed E-state index contributed by atoms with van der Waals surface area (Å²) in [6.07, 6.45) is 1.40. The second-order valence-electron chi connectivity index (χ2n) is 3.66. The number of thiazole rings is 1. The lowest BCUT2D eigenvalue weighted by Gasteiger charge is -2.10. The number of benzene rings is 1. The van der Waals surface area contributed by atoms with E-state index >= 15 is 0 Å². The number of rotatable bonds is 3. The molecule has 2 rings (SSSR count). The van der Waals surface area contributed by atoms with Crippen LogP contribution in [0.1, 0.15) is 22.2 Å². The van der Waals surface area contributed by atoms with Gasteiger partial charge in [0.25, 0.3) is 0 Å². The summed E-state index contributed by atoms with van der Waals surface area (Å²) < 4.78 is 13.0. The van der Waals surface area contributed by atoms with Gasteiger partial charge in [0.2, 0.25) is 0 Å². The molecule has 1 aromatic carbocycles. The average molecular weight is 237 g/mol. The number of nitrogens with zero attached hydrogens (tertiary/aromatic N) is 1. The number of aryl methyl sites for hydroxylation is 1. The summed E-state index contributed by atoms with van der Waals surface area (Å²) in [6, 6.07) is 4.61. The molecule has 4 heteroatoms. The van der Waals surface area contributed by atoms with Crippen molar-refractivity contribution >= 4 is 11.3 Å². The van der Waals surface area contributed by atoms with Crippen LogP contribution in [0.5, 0.6) is 0 Å². The maximum Gasteiger partial charge on any atom is 0.123 e. The van der Waals surface area contributed by atoms with Crippen molar-refractivity contribution in [2.75, 3.05) is 0 Å². The van der Waals surface area contributed by atoms with E-state index in [4.69, 9.17) is 0 Å². The molecule has 1 unspecified atom stereocenters. The standard InChI is InChI=1S/C12H12FNOS/c1-8-2-3-10(13)6-9(8)7-11(15)12-14-4-5-16-12/h2-6,11,15H,7H2,1H3. The summed E-state index contributed by atoms with van der Waals surface area (Å²) in [6.45, 7) is 1.91. The average Bonchev–Trinajstić information content (AvgIpc) is 2.76. The van der Waals surface area contributed by atoms with Crippen LogP contribution in [0.25, 0.3) is 0 Å². The fourth-order valence-electron chi connectivity index (χ4n) is 1.55. The van der Waals surface area contributed by atoms with E-state index in [1.807, 2.05) is 12.3 Å². The van der Waals surface area contributed by atoms with Crippen molar-refractivity contribution < 1.29 is 9.50 Å². The van der Waals surface area contributed by atoms with Crippen molar-refractivity contribution in [1.82, 2.24) is 4.98 Å². The molecular formula is C12H12FNOS. The quantitative estimate of drug-likeness (QED) is 0.890. The number of halogens is 1. The molecule has 1 heterocycles. The third kappa shape index (κ3) is 2.46. The molecule has 1 aromatic heterocycles. The summed E-state index contributed by atoms with van der Waals surface area (Å²) in [5.41, 5.74) is 1.81. The minimum atomic E-state index is -0.652. The molecule has 0 aliphatic rings. The SMILES string of the molecule is Cc1ccc(F)cc1CC(O)c1nccs1. The zero-order valence-electron chi connectivity index (χ0n) is 8.85. The Morgan fingerprint density at radius 3 is 3.00 bits per heavy atom. The third-order valence-electron chi connectivity index (χ3n) is 2.46. The predicted octanol–water partition coefficient (Wildman–Crippen LogP) is 2.87. The molecule has 0 bridgehead atoms. The minimum Gasteiger partial charge on any atom is -0.386 e. The smallest absolute Gasteiger partial charge is 0.123 e. The Balaban J connectivity index is 2.17. The van der Waals surface area contributed by atoms with Gasteiger partial charge in [0.05, 0.1) is 0 Å². The molecule has 0 spiro atoms. The van der Waals surface area contributed by atoms with Crippen molar-refractivity contribution in [3.8, 4) is 0 Å². The highest BCUT2D eigenvalue weighted by molar-refractivity contribution is 7.09. The van der Waals surface area contributed by atoms with E-state index in [1.165, 1.54) is 23.5 Å². The van der Waals surface area contributed by atoms with Crippen LogP contribution in [0, 0.1) is 12.7 Å². The van der Waals surface area contributed by atoms with Crippen molar-refractivity contribution in [3.63, 3.8) is 0 Å². The molecule has 1 atom stereocenters. The van der Waals surface area contributed by atoms with Gasteiger partial charge in [-0.25, -0.2) is 9.37 Å². The van der Waals surface area contributed by atoms with Gasteiger partial charge in [-0.2, -0.15) is 0 Å². The summed E-state index contributed by atoms with van der Waals surface area (Å²) in [7, 11) is 0. The summed E-state index contributed by atoms with van der Waals surface area (Å²) in [4.78, 5) is 4.04. The zero-order chi connectivity index (χ0) is 11.5. The highest BCUT2D eigenvalue weighted by Gasteiger charge is 2.12. The lowest BCUT2D eigenvalue weighted by Crippen LogP contribution is -2.03. The number of aliphatic hydroxyl groups is 1. The first kappa shape index (κ1) is 11.2. The molecule has 0 aliphatic carbocycles. The highest BCUT2D eigenvalue weighted by atomic mass is 32.1. The van der Waals surface area contributed by atoms with E-state index in [9.17, 15) is 9.50 Å². The number of aliphatic hydroxyl groups excluding tert-OH is 1. The predicted molar refractivity (Wildman–Crippen MR) is 61.9 cm³/mol. The van der Waals surface area contributed by atoms with Gasteiger partial charge in [0.1, 0.15) is 16.9 Å². The highest BCUT2D eigenvalue weighted by Crippen LogP contribution is 2.22. The Kier molecular flexibility index (Phi) is 3.31. The molecular weight excluding hydrogens is 225 g/mol. The van der Waals surface area contributed by atoms with E-state index in [-0.39, 0.29) is 5.82 Å². The Morgan fingerprint density at radius 2 is 2.31 bits per heavy atom. The fraction of sp³-hybridized carbons (Fsp3) is 0.250. The molecule has 0 saturated heterocycles. The first-order valence-corrected chi connectivity index (χ1v) is 5.87. The molecule has 2 nitrogen and oxygen atoms in total. The molecule has 0 radical (unpaired) electrons. The lowest BCUT2D eigenvalue weighted by molar-refractivity contribution is 0.177. The second-order valence-corrected chi connectivity index (χ2v) is 4.59. The van der Waals surface area contributed by atoms with E-state index in [2.05, 4.69) is 4.98 Å². The Morgan fingerprint density at radius 1 is 1.50 bits per heavy atom. The Hall–Kier alpha value is -1.26. The fourth-order valence-corrected chi connectivity index (χ4v) is 2.18. The maximum atomic E-state index is 13.0. The van der Waals surface area contributed by atoms with E-state index < -0.39 is 6.10 Å². The largest absolute Gasteiger partial charge is 0.386 e. The normalized spacial score (nSPS) is 12.7. The van der Waals surface area contributed by atoms with Crippen LogP contribution in [-0.4, -0.2) is 10.1 Å². The van der Waals surface area contributed by atoms with Gasteiger partial charge in [0.15, 0.2) is 0 Å². The minimum absolute atomic E-state index is 0.271. The monoisotopic (exact) mass is 237 g/mol. The van der Waals surface area contributed by atoms with Crippen molar-refractivity contribution in [1.29, 1.82) is 0 Å². The van der Waals surface area contributed by atoms with Gasteiger partial charge in [-0.3, -0.25) is 0 Å². The second kappa shape index (κ2) is 4.72. The zero-order valence-corrected chi connectivity index (χ0v) is 9.67. The third-order valence-corrected chi connectivity index (χ3v) is 3.34. The van der Waals surface area contributed by atoms with Gasteiger partial charge in [-0.15, -0.1) is 11.3 Å². The molecule has 1 N–H and O–H groups in total. The Bertz CT molecular complexity index is 470. The molecule has 0 aliphatic heterocycles. The first-order chi connectivity index (χ1) is 7.66. The molecule has 84 valence electrons. The van der Waals surface area contributed by atoms with Crippen LogP contribution in [-0.2, 0) is 6.42 Å². The topological polar surface area (TPSA) is 33.1 Å². The lowest BCUT2D eigenvalue weighted by atomic mass is 10.0. The molecule has 16 heavy (non-hydrogen) atoms. The van der Waals surface area contributed by atoms with Crippen molar-refractivity contribution in [3.05, 3.63) is 51.7 Å². The van der Waals surface area contributed by atoms with Gasteiger partial charge in [-0.1, -0.05) is 6.07 Å². The number of hydrogen-bond donors (Lipinski definition) is 1. The number of hydrogen-bond acceptors (Lipinski definition) is 3. The van der Waals surface area contributed by atoms with Gasteiger partial charge in [-0.05, 0) is 30.2 Å². The summed E-state index contributed by atoms with van der Waals surface area (Å²) in [5, 5.41) is 12.4. The van der Waals surface area contributed by atoms with Crippen LogP contribution in [0.4, 0.5) is 4.39 Å². The summed E-state index contributed by atoms with van der Waals surface area (Å²) >= 11 is 1.41. The van der Waals surface area contributed by atoms with Crippen molar-refractivity contribution in [2.24, 2.45) is 0 Å². The van der Waals surface area contributed by atoms with E-state index in [1.54, 1.807) is 12.3 Å². The van der Waals surface area contributed by atoms with Crippen LogP contribution in [0.3, 0.4) is 0 Å². The van der Waals surface area contributed by atoms with Crippen LogP contribution < -0.4 is 0 Å². The molecule has 2 aromatic rings. The van der Waals surface area contributed by atoms with Gasteiger partial charge < -0.3 is 5.11 Å². The molecule has 0 amide bonds. The van der Waals surface area contributed by atoms with Crippen LogP contribution in [0.15, 0.2) is 29.8 Å².